The maximum absolute atomic E-state index is 6.15. The van der Waals surface area contributed by atoms with Gasteiger partial charge in [0, 0.05) is 11.6 Å². The first-order valence-electron chi connectivity index (χ1n) is 5.75. The van der Waals surface area contributed by atoms with E-state index >= 15 is 0 Å². The van der Waals surface area contributed by atoms with Crippen LogP contribution in [0.4, 0.5) is 0 Å². The molecule has 0 N–H and O–H groups in total. The fourth-order valence-electron chi connectivity index (χ4n) is 2.21. The molecule has 1 aromatic heterocycles. The van der Waals surface area contributed by atoms with E-state index in [9.17, 15) is 0 Å². The molecule has 1 unspecified atom stereocenters. The van der Waals surface area contributed by atoms with E-state index in [2.05, 4.69) is 28.6 Å². The van der Waals surface area contributed by atoms with Crippen LogP contribution in [0, 0.1) is 5.41 Å². The van der Waals surface area contributed by atoms with Crippen molar-refractivity contribution < 1.29 is 0 Å². The van der Waals surface area contributed by atoms with Gasteiger partial charge in [-0.05, 0) is 23.4 Å². The van der Waals surface area contributed by atoms with Gasteiger partial charge < -0.3 is 0 Å². The minimum Gasteiger partial charge on any atom is -0.294 e. The fraction of sp³-hybridized carbons (Fsp3) is 0.385. The van der Waals surface area contributed by atoms with E-state index in [1.54, 1.807) is 0 Å². The molecular weight excluding hydrogens is 234 g/mol. The molecule has 0 aliphatic heterocycles. The summed E-state index contributed by atoms with van der Waals surface area (Å²) in [6.45, 7) is 4.48. The number of hydrogen-bond donors (Lipinski definition) is 0. The highest BCUT2D eigenvalue weighted by Gasteiger charge is 2.49. The van der Waals surface area contributed by atoms with Crippen molar-refractivity contribution in [1.29, 1.82) is 0 Å². The second-order valence-corrected chi connectivity index (χ2v) is 5.58. The van der Waals surface area contributed by atoms with Gasteiger partial charge in [0.25, 0.3) is 0 Å². The van der Waals surface area contributed by atoms with Gasteiger partial charge in [-0.3, -0.25) is 4.57 Å². The third kappa shape index (κ3) is 1.75. The minimum atomic E-state index is 0.301. The second kappa shape index (κ2) is 3.57. The van der Waals surface area contributed by atoms with Crippen molar-refractivity contribution in [2.75, 3.05) is 0 Å². The normalized spacial score (nSPS) is 21.5. The Kier molecular flexibility index (Phi) is 2.26. The molecule has 1 atom stereocenters. The van der Waals surface area contributed by atoms with E-state index in [-0.39, 0.29) is 0 Å². The van der Waals surface area contributed by atoms with Crippen molar-refractivity contribution >= 4 is 11.6 Å². The lowest BCUT2D eigenvalue weighted by Crippen LogP contribution is -2.03. The van der Waals surface area contributed by atoms with Crippen molar-refractivity contribution in [1.82, 2.24) is 14.8 Å². The summed E-state index contributed by atoms with van der Waals surface area (Å²) in [6, 6.07) is 10.5. The summed E-state index contributed by atoms with van der Waals surface area (Å²) in [7, 11) is 0. The summed E-state index contributed by atoms with van der Waals surface area (Å²) in [5.41, 5.74) is 1.37. The van der Waals surface area contributed by atoms with Gasteiger partial charge in [-0.25, -0.2) is 0 Å². The van der Waals surface area contributed by atoms with Crippen LogP contribution in [0.2, 0.25) is 5.28 Å². The topological polar surface area (TPSA) is 30.7 Å². The highest BCUT2D eigenvalue weighted by Crippen LogP contribution is 2.57. The van der Waals surface area contributed by atoms with Gasteiger partial charge in [0.2, 0.25) is 5.28 Å². The number of rotatable bonds is 2. The summed E-state index contributed by atoms with van der Waals surface area (Å²) in [5.74, 6) is 0.867. The van der Waals surface area contributed by atoms with Crippen molar-refractivity contribution in [3.8, 4) is 11.4 Å². The van der Waals surface area contributed by atoms with Crippen molar-refractivity contribution in [3.63, 3.8) is 0 Å². The molecule has 1 fully saturated rings. The van der Waals surface area contributed by atoms with E-state index in [0.29, 0.717) is 16.7 Å². The Balaban J connectivity index is 2.08. The number of hydrogen-bond acceptors (Lipinski definition) is 2. The summed E-state index contributed by atoms with van der Waals surface area (Å²) in [6.07, 6.45) is 1.13. The van der Waals surface area contributed by atoms with E-state index in [1.165, 1.54) is 0 Å². The van der Waals surface area contributed by atoms with Crippen LogP contribution in [0.1, 0.15) is 26.3 Å². The zero-order valence-electron chi connectivity index (χ0n) is 9.89. The lowest BCUT2D eigenvalue weighted by molar-refractivity contribution is 0.543. The van der Waals surface area contributed by atoms with Gasteiger partial charge >= 0.3 is 0 Å². The average molecular weight is 248 g/mol. The molecule has 1 aliphatic rings. The van der Waals surface area contributed by atoms with E-state index in [4.69, 9.17) is 11.6 Å². The van der Waals surface area contributed by atoms with Crippen LogP contribution < -0.4 is 0 Å². The van der Waals surface area contributed by atoms with Gasteiger partial charge in [-0.1, -0.05) is 44.2 Å². The smallest absolute Gasteiger partial charge is 0.225 e. The van der Waals surface area contributed by atoms with Gasteiger partial charge in [0.05, 0.1) is 0 Å². The molecule has 0 radical (unpaired) electrons. The monoisotopic (exact) mass is 247 g/mol. The second-order valence-electron chi connectivity index (χ2n) is 5.24. The fourth-order valence-corrected chi connectivity index (χ4v) is 2.45. The largest absolute Gasteiger partial charge is 0.294 e. The molecule has 88 valence electrons. The summed E-state index contributed by atoms with van der Waals surface area (Å²) in [4.78, 5) is 0. The molecule has 2 aromatic rings. The quantitative estimate of drug-likeness (QED) is 0.812. The maximum Gasteiger partial charge on any atom is 0.225 e. The third-order valence-corrected chi connectivity index (χ3v) is 3.72. The molecule has 1 heterocycles. The molecule has 3 nitrogen and oxygen atoms in total. The van der Waals surface area contributed by atoms with Crippen molar-refractivity contribution in [3.05, 3.63) is 35.6 Å². The Morgan fingerprint density at radius 3 is 2.47 bits per heavy atom. The molecule has 17 heavy (non-hydrogen) atoms. The third-order valence-electron chi connectivity index (χ3n) is 3.46. The Hall–Kier alpha value is -1.35. The zero-order chi connectivity index (χ0) is 12.0. The van der Waals surface area contributed by atoms with Crippen LogP contribution in [-0.4, -0.2) is 14.8 Å². The van der Waals surface area contributed by atoms with Crippen molar-refractivity contribution in [2.45, 2.75) is 26.3 Å². The van der Waals surface area contributed by atoms with Gasteiger partial charge in [-0.2, -0.15) is 0 Å². The first kappa shape index (κ1) is 10.8. The van der Waals surface area contributed by atoms with E-state index in [1.807, 2.05) is 30.3 Å². The van der Waals surface area contributed by atoms with Crippen LogP contribution >= 0.6 is 11.6 Å². The Morgan fingerprint density at radius 1 is 1.24 bits per heavy atom. The first-order valence-corrected chi connectivity index (χ1v) is 6.13. The van der Waals surface area contributed by atoms with Crippen LogP contribution in [0.5, 0.6) is 0 Å². The maximum atomic E-state index is 6.15. The predicted molar refractivity (Wildman–Crippen MR) is 67.9 cm³/mol. The molecule has 1 aromatic carbocycles. The summed E-state index contributed by atoms with van der Waals surface area (Å²) >= 11 is 6.15. The lowest BCUT2D eigenvalue weighted by atomic mass is 10.1. The Labute approximate surface area is 105 Å². The van der Waals surface area contributed by atoms with Crippen LogP contribution in [-0.2, 0) is 0 Å². The standard InChI is InChI=1S/C13H14ClN3/c1-13(2)8-10(13)17-11(15-16-12(17)14)9-6-4-3-5-7-9/h3-7,10H,8H2,1-2H3. The first-order chi connectivity index (χ1) is 8.09. The predicted octanol–water partition coefficient (Wildman–Crippen LogP) is 3.57. The van der Waals surface area contributed by atoms with Gasteiger partial charge in [-0.15, -0.1) is 10.2 Å². The zero-order valence-corrected chi connectivity index (χ0v) is 10.6. The highest BCUT2D eigenvalue weighted by molar-refractivity contribution is 6.28. The van der Waals surface area contributed by atoms with Gasteiger partial charge in [0.15, 0.2) is 5.82 Å². The van der Waals surface area contributed by atoms with E-state index in [0.717, 1.165) is 17.8 Å². The van der Waals surface area contributed by atoms with E-state index < -0.39 is 0 Å². The molecule has 1 saturated carbocycles. The van der Waals surface area contributed by atoms with Crippen molar-refractivity contribution in [2.24, 2.45) is 5.41 Å². The van der Waals surface area contributed by atoms with Crippen LogP contribution in [0.15, 0.2) is 30.3 Å². The Bertz CT molecular complexity index is 545. The molecule has 3 rings (SSSR count). The summed E-state index contributed by atoms with van der Waals surface area (Å²) < 4.78 is 2.05. The molecule has 4 heteroatoms. The molecule has 0 bridgehead atoms. The number of nitrogens with zero attached hydrogens (tertiary/aromatic N) is 3. The Morgan fingerprint density at radius 2 is 1.88 bits per heavy atom. The SMILES string of the molecule is CC1(C)CC1n1c(Cl)nnc1-c1ccccc1. The molecule has 0 saturated heterocycles. The summed E-state index contributed by atoms with van der Waals surface area (Å²) in [5, 5.41) is 8.68. The molecule has 1 aliphatic carbocycles. The molecule has 0 amide bonds. The molecular formula is C13H14ClN3. The number of aromatic nitrogens is 3. The average Bonchev–Trinajstić information content (AvgIpc) is 2.77. The highest BCUT2D eigenvalue weighted by atomic mass is 35.5. The molecule has 0 spiro atoms. The number of halogens is 1. The van der Waals surface area contributed by atoms with Crippen LogP contribution in [0.3, 0.4) is 0 Å². The van der Waals surface area contributed by atoms with Gasteiger partial charge in [0.1, 0.15) is 0 Å². The van der Waals surface area contributed by atoms with Crippen LogP contribution in [0.25, 0.3) is 11.4 Å². The number of benzene rings is 1. The minimum absolute atomic E-state index is 0.301. The lowest BCUT2D eigenvalue weighted by Gasteiger charge is -2.09.